The fourth-order valence-corrected chi connectivity index (χ4v) is 3.40. The minimum Gasteiger partial charge on any atom is -0.495 e. The lowest BCUT2D eigenvalue weighted by Gasteiger charge is -2.13. The van der Waals surface area contributed by atoms with Crippen LogP contribution < -0.4 is 10.1 Å². The van der Waals surface area contributed by atoms with Gasteiger partial charge in [0, 0.05) is 10.2 Å². The quantitative estimate of drug-likeness (QED) is 0.731. The van der Waals surface area contributed by atoms with E-state index in [0.717, 1.165) is 5.56 Å². The van der Waals surface area contributed by atoms with E-state index in [1.807, 2.05) is 0 Å². The molecule has 0 unspecified atom stereocenters. The van der Waals surface area contributed by atoms with Gasteiger partial charge in [0.2, 0.25) is 0 Å². The second-order valence-electron chi connectivity index (χ2n) is 4.76. The first-order valence-corrected chi connectivity index (χ1v) is 8.10. The fourth-order valence-electron chi connectivity index (χ4n) is 2.02. The van der Waals surface area contributed by atoms with E-state index < -0.39 is 11.9 Å². The predicted octanol–water partition coefficient (Wildman–Crippen LogP) is 4.48. The second-order valence-corrected chi connectivity index (χ2v) is 6.53. The molecule has 0 atom stereocenters. The molecular weight excluding hydrogens is 430 g/mol. The highest BCUT2D eigenvalue weighted by molar-refractivity contribution is 9.11. The van der Waals surface area contributed by atoms with Crippen molar-refractivity contribution in [1.29, 1.82) is 0 Å². The number of aryl methyl sites for hydroxylation is 1. The van der Waals surface area contributed by atoms with Crippen molar-refractivity contribution in [3.05, 3.63) is 56.0 Å². The van der Waals surface area contributed by atoms with Crippen LogP contribution >= 0.6 is 31.9 Å². The summed E-state index contributed by atoms with van der Waals surface area (Å²) >= 11 is 6.68. The van der Waals surface area contributed by atoms with Crippen LogP contribution in [0.5, 0.6) is 5.75 Å². The zero-order valence-corrected chi connectivity index (χ0v) is 15.5. The highest BCUT2D eigenvalue weighted by atomic mass is 79.9. The molecule has 0 aliphatic carbocycles. The molecule has 2 rings (SSSR count). The molecule has 2 N–H and O–H groups in total. The Balaban J connectivity index is 2.40. The van der Waals surface area contributed by atoms with Crippen LogP contribution in [0.2, 0.25) is 0 Å². The number of nitrogens with one attached hydrogen (secondary N) is 1. The van der Waals surface area contributed by atoms with Gasteiger partial charge in [-0.15, -0.1) is 0 Å². The van der Waals surface area contributed by atoms with Crippen LogP contribution in [-0.2, 0) is 0 Å². The Morgan fingerprint density at radius 2 is 1.87 bits per heavy atom. The Bertz CT molecular complexity index is 790. The largest absolute Gasteiger partial charge is 0.495 e. The van der Waals surface area contributed by atoms with Gasteiger partial charge in [-0.05, 0) is 52.7 Å². The number of hydrogen-bond acceptors (Lipinski definition) is 3. The molecule has 0 heterocycles. The number of benzene rings is 2. The number of anilines is 1. The van der Waals surface area contributed by atoms with Crippen LogP contribution in [0.1, 0.15) is 26.3 Å². The number of ether oxygens (including phenoxy) is 1. The van der Waals surface area contributed by atoms with Crippen molar-refractivity contribution >= 4 is 49.4 Å². The first-order valence-electron chi connectivity index (χ1n) is 6.51. The maximum atomic E-state index is 12.6. The SMILES string of the molecule is COc1c(Br)cc(Br)cc1C(=O)Nc1cc(C(=O)O)ccc1C. The van der Waals surface area contributed by atoms with E-state index in [-0.39, 0.29) is 5.56 Å². The summed E-state index contributed by atoms with van der Waals surface area (Å²) in [6.07, 6.45) is 0. The van der Waals surface area contributed by atoms with E-state index in [1.165, 1.54) is 19.2 Å². The standard InChI is InChI=1S/C16H13Br2NO4/c1-8-3-4-9(16(21)22)5-13(8)19-15(20)11-6-10(17)7-12(18)14(11)23-2/h3-7H,1-2H3,(H,19,20)(H,21,22). The number of hydrogen-bond donors (Lipinski definition) is 2. The molecule has 23 heavy (non-hydrogen) atoms. The third kappa shape index (κ3) is 3.92. The summed E-state index contributed by atoms with van der Waals surface area (Å²) in [5.41, 5.74) is 1.63. The summed E-state index contributed by atoms with van der Waals surface area (Å²) in [7, 11) is 1.47. The summed E-state index contributed by atoms with van der Waals surface area (Å²) in [6, 6.07) is 7.97. The van der Waals surface area contributed by atoms with Crippen molar-refractivity contribution in [2.24, 2.45) is 0 Å². The number of rotatable bonds is 4. The maximum absolute atomic E-state index is 12.6. The van der Waals surface area contributed by atoms with Crippen molar-refractivity contribution in [2.75, 3.05) is 12.4 Å². The lowest BCUT2D eigenvalue weighted by atomic mass is 10.1. The van der Waals surface area contributed by atoms with Gasteiger partial charge in [0.05, 0.1) is 22.7 Å². The molecule has 1 amide bonds. The first kappa shape index (κ1) is 17.5. The third-order valence-corrected chi connectivity index (χ3v) is 4.24. The van der Waals surface area contributed by atoms with Gasteiger partial charge in [-0.2, -0.15) is 0 Å². The molecule has 0 fully saturated rings. The van der Waals surface area contributed by atoms with Crippen LogP contribution in [-0.4, -0.2) is 24.1 Å². The van der Waals surface area contributed by atoms with Crippen LogP contribution in [0.15, 0.2) is 39.3 Å². The molecule has 7 heteroatoms. The monoisotopic (exact) mass is 441 g/mol. The number of carbonyl (C=O) groups is 2. The Kier molecular flexibility index (Phi) is 5.43. The summed E-state index contributed by atoms with van der Waals surface area (Å²) < 4.78 is 6.61. The van der Waals surface area contributed by atoms with Gasteiger partial charge in [-0.25, -0.2) is 4.79 Å². The van der Waals surface area contributed by atoms with E-state index in [9.17, 15) is 9.59 Å². The molecule has 2 aromatic carbocycles. The average Bonchev–Trinajstić information content (AvgIpc) is 2.48. The Morgan fingerprint density at radius 1 is 1.17 bits per heavy atom. The zero-order chi connectivity index (χ0) is 17.1. The molecule has 0 aliphatic heterocycles. The Labute approximate surface area is 149 Å². The van der Waals surface area contributed by atoms with Gasteiger partial charge >= 0.3 is 5.97 Å². The van der Waals surface area contributed by atoms with Gasteiger partial charge in [0.15, 0.2) is 0 Å². The van der Waals surface area contributed by atoms with Crippen LogP contribution in [0.3, 0.4) is 0 Å². The normalized spacial score (nSPS) is 10.3. The number of methoxy groups -OCH3 is 1. The van der Waals surface area contributed by atoms with E-state index in [4.69, 9.17) is 9.84 Å². The lowest BCUT2D eigenvalue weighted by Crippen LogP contribution is -2.15. The maximum Gasteiger partial charge on any atom is 0.335 e. The Morgan fingerprint density at radius 3 is 2.48 bits per heavy atom. The molecule has 2 aromatic rings. The molecule has 0 radical (unpaired) electrons. The van der Waals surface area contributed by atoms with E-state index in [1.54, 1.807) is 25.1 Å². The molecule has 0 bridgehead atoms. The lowest BCUT2D eigenvalue weighted by molar-refractivity contribution is 0.0696. The Hall–Kier alpha value is -1.86. The highest BCUT2D eigenvalue weighted by Crippen LogP contribution is 2.33. The molecule has 120 valence electrons. The molecule has 0 saturated heterocycles. The predicted molar refractivity (Wildman–Crippen MR) is 94.5 cm³/mol. The molecule has 0 spiro atoms. The summed E-state index contributed by atoms with van der Waals surface area (Å²) in [5.74, 6) is -1.05. The molecular formula is C16H13Br2NO4. The first-order chi connectivity index (χ1) is 10.8. The van der Waals surface area contributed by atoms with E-state index >= 15 is 0 Å². The molecule has 5 nitrogen and oxygen atoms in total. The van der Waals surface area contributed by atoms with Crippen molar-refractivity contribution in [3.8, 4) is 5.75 Å². The number of carboxylic acids is 1. The third-order valence-electron chi connectivity index (χ3n) is 3.19. The van der Waals surface area contributed by atoms with Crippen molar-refractivity contribution in [3.63, 3.8) is 0 Å². The minimum absolute atomic E-state index is 0.105. The number of carbonyl (C=O) groups excluding carboxylic acids is 1. The number of carboxylic acid groups (broad SMARTS) is 1. The highest BCUT2D eigenvalue weighted by Gasteiger charge is 2.18. The van der Waals surface area contributed by atoms with E-state index in [0.29, 0.717) is 25.9 Å². The van der Waals surface area contributed by atoms with Crippen LogP contribution in [0.25, 0.3) is 0 Å². The number of halogens is 2. The summed E-state index contributed by atoms with van der Waals surface area (Å²) in [4.78, 5) is 23.6. The van der Waals surface area contributed by atoms with Crippen molar-refractivity contribution in [2.45, 2.75) is 6.92 Å². The van der Waals surface area contributed by atoms with Gasteiger partial charge in [-0.3, -0.25) is 4.79 Å². The molecule has 0 aromatic heterocycles. The number of aromatic carboxylic acids is 1. The van der Waals surface area contributed by atoms with Crippen molar-refractivity contribution < 1.29 is 19.4 Å². The second kappa shape index (κ2) is 7.14. The summed E-state index contributed by atoms with van der Waals surface area (Å²) in [6.45, 7) is 1.79. The van der Waals surface area contributed by atoms with Crippen LogP contribution in [0, 0.1) is 6.92 Å². The van der Waals surface area contributed by atoms with Gasteiger partial charge < -0.3 is 15.2 Å². The number of amides is 1. The topological polar surface area (TPSA) is 75.6 Å². The molecule has 0 aliphatic rings. The van der Waals surface area contributed by atoms with Gasteiger partial charge in [0.25, 0.3) is 5.91 Å². The summed E-state index contributed by atoms with van der Waals surface area (Å²) in [5, 5.41) is 11.8. The van der Waals surface area contributed by atoms with E-state index in [2.05, 4.69) is 37.2 Å². The minimum atomic E-state index is -1.05. The van der Waals surface area contributed by atoms with Crippen LogP contribution in [0.4, 0.5) is 5.69 Å². The fraction of sp³-hybridized carbons (Fsp3) is 0.125. The van der Waals surface area contributed by atoms with Crippen molar-refractivity contribution in [1.82, 2.24) is 0 Å². The smallest absolute Gasteiger partial charge is 0.335 e. The van der Waals surface area contributed by atoms with Gasteiger partial charge in [-0.1, -0.05) is 22.0 Å². The van der Waals surface area contributed by atoms with Gasteiger partial charge in [0.1, 0.15) is 5.75 Å². The zero-order valence-electron chi connectivity index (χ0n) is 12.3. The molecule has 0 saturated carbocycles. The average molecular weight is 443 g/mol.